The van der Waals surface area contributed by atoms with Gasteiger partial charge in [0.15, 0.2) is 6.61 Å². The fourth-order valence-corrected chi connectivity index (χ4v) is 1.97. The van der Waals surface area contributed by atoms with Crippen molar-refractivity contribution in [1.82, 2.24) is 5.16 Å². The van der Waals surface area contributed by atoms with Crippen LogP contribution in [0.25, 0.3) is 0 Å². The Labute approximate surface area is 150 Å². The Kier molecular flexibility index (Phi) is 5.83. The van der Waals surface area contributed by atoms with Crippen molar-refractivity contribution in [2.45, 2.75) is 13.1 Å². The zero-order valence-corrected chi connectivity index (χ0v) is 14.0. The van der Waals surface area contributed by atoms with Crippen molar-refractivity contribution in [3.05, 3.63) is 46.8 Å². The Hall–Kier alpha value is -3.37. The van der Waals surface area contributed by atoms with Gasteiger partial charge in [0.2, 0.25) is 5.69 Å². The fourth-order valence-electron chi connectivity index (χ4n) is 1.97. The molecule has 0 saturated heterocycles. The summed E-state index contributed by atoms with van der Waals surface area (Å²) in [5, 5.41) is 5.75. The molecule has 0 spiro atoms. The maximum Gasteiger partial charge on any atom is 0.416 e. The molecule has 1 aromatic carbocycles. The molecule has 8 nitrogen and oxygen atoms in total. The molecule has 0 fully saturated rings. The number of aryl methyl sites for hydroxylation is 1. The second-order valence-corrected chi connectivity index (χ2v) is 5.14. The second kappa shape index (κ2) is 7.89. The van der Waals surface area contributed by atoms with Crippen LogP contribution in [0.2, 0.25) is 0 Å². The Morgan fingerprint density at radius 2 is 1.81 bits per heavy atom. The van der Waals surface area contributed by atoms with E-state index in [0.29, 0.717) is 0 Å². The molecule has 1 aromatic heterocycles. The average molecular weight is 386 g/mol. The van der Waals surface area contributed by atoms with Crippen molar-refractivity contribution >= 4 is 23.5 Å². The summed E-state index contributed by atoms with van der Waals surface area (Å²) in [6, 6.07) is 3.70. The number of esters is 2. The SMILES string of the molecule is COC(=O)COC(=O)c1noc(C)c1C(=O)Nc1ccc(C(F)(F)F)cc1. The molecular weight excluding hydrogens is 373 g/mol. The van der Waals surface area contributed by atoms with Crippen LogP contribution in [0.4, 0.5) is 18.9 Å². The summed E-state index contributed by atoms with van der Waals surface area (Å²) >= 11 is 0. The number of amides is 1. The first-order chi connectivity index (χ1) is 12.6. The molecule has 27 heavy (non-hydrogen) atoms. The van der Waals surface area contributed by atoms with E-state index in [1.807, 2.05) is 0 Å². The molecule has 0 bridgehead atoms. The van der Waals surface area contributed by atoms with E-state index in [4.69, 9.17) is 4.52 Å². The molecule has 0 saturated carbocycles. The standard InChI is InChI=1S/C16H13F3N2O6/c1-8-12(13(21-27-8)15(24)26-7-11(22)25-2)14(23)20-10-5-3-9(4-6-10)16(17,18)19/h3-6H,7H2,1-2H3,(H,20,23). The Bertz CT molecular complexity index is 858. The Morgan fingerprint density at radius 1 is 1.19 bits per heavy atom. The number of rotatable bonds is 5. The molecule has 2 rings (SSSR count). The van der Waals surface area contributed by atoms with E-state index in [2.05, 4.69) is 19.9 Å². The van der Waals surface area contributed by atoms with Crippen molar-refractivity contribution in [2.75, 3.05) is 19.0 Å². The van der Waals surface area contributed by atoms with Crippen molar-refractivity contribution in [3.63, 3.8) is 0 Å². The van der Waals surface area contributed by atoms with Crippen molar-refractivity contribution < 1.29 is 41.6 Å². The molecular formula is C16H13F3N2O6. The highest BCUT2D eigenvalue weighted by molar-refractivity contribution is 6.10. The van der Waals surface area contributed by atoms with Gasteiger partial charge in [-0.05, 0) is 31.2 Å². The van der Waals surface area contributed by atoms with E-state index in [9.17, 15) is 27.6 Å². The number of halogens is 3. The molecule has 0 aliphatic rings. The van der Waals surface area contributed by atoms with Crippen molar-refractivity contribution in [3.8, 4) is 0 Å². The second-order valence-electron chi connectivity index (χ2n) is 5.14. The zero-order chi connectivity index (χ0) is 20.2. The number of nitrogens with one attached hydrogen (secondary N) is 1. The molecule has 0 atom stereocenters. The average Bonchev–Trinajstić information content (AvgIpc) is 3.00. The lowest BCUT2D eigenvalue weighted by atomic mass is 10.1. The van der Waals surface area contributed by atoms with Crippen LogP contribution in [0.3, 0.4) is 0 Å². The first kappa shape index (κ1) is 19.9. The summed E-state index contributed by atoms with van der Waals surface area (Å²) in [5.41, 5.74) is -1.58. The van der Waals surface area contributed by atoms with E-state index in [1.165, 1.54) is 6.92 Å². The minimum Gasteiger partial charge on any atom is -0.466 e. The number of ether oxygens (including phenoxy) is 2. The third-order valence-electron chi connectivity index (χ3n) is 3.30. The fraction of sp³-hybridized carbons (Fsp3) is 0.250. The number of hydrogen-bond acceptors (Lipinski definition) is 7. The van der Waals surface area contributed by atoms with Gasteiger partial charge in [-0.1, -0.05) is 5.16 Å². The first-order valence-corrected chi connectivity index (χ1v) is 7.32. The van der Waals surface area contributed by atoms with Crippen LogP contribution >= 0.6 is 0 Å². The maximum absolute atomic E-state index is 12.6. The molecule has 2 aromatic rings. The molecule has 1 N–H and O–H groups in total. The number of nitrogens with zero attached hydrogens (tertiary/aromatic N) is 1. The normalized spacial score (nSPS) is 11.0. The third-order valence-corrected chi connectivity index (χ3v) is 3.30. The zero-order valence-electron chi connectivity index (χ0n) is 14.0. The van der Waals surface area contributed by atoms with E-state index in [1.54, 1.807) is 0 Å². The number of hydrogen-bond donors (Lipinski definition) is 1. The van der Waals surface area contributed by atoms with Crippen LogP contribution in [-0.2, 0) is 20.4 Å². The van der Waals surface area contributed by atoms with Gasteiger partial charge >= 0.3 is 18.1 Å². The van der Waals surface area contributed by atoms with Crippen LogP contribution in [0.15, 0.2) is 28.8 Å². The summed E-state index contributed by atoms with van der Waals surface area (Å²) in [5.74, 6) is -2.79. The maximum atomic E-state index is 12.6. The Morgan fingerprint density at radius 3 is 2.37 bits per heavy atom. The lowest BCUT2D eigenvalue weighted by Crippen LogP contribution is -2.20. The summed E-state index contributed by atoms with van der Waals surface area (Å²) in [6.07, 6.45) is -4.51. The van der Waals surface area contributed by atoms with Crippen molar-refractivity contribution in [2.24, 2.45) is 0 Å². The minimum atomic E-state index is -4.51. The van der Waals surface area contributed by atoms with Gasteiger partial charge in [0.05, 0.1) is 12.7 Å². The van der Waals surface area contributed by atoms with Crippen LogP contribution in [0, 0.1) is 6.92 Å². The molecule has 144 valence electrons. The third kappa shape index (κ3) is 4.84. The van der Waals surface area contributed by atoms with Crippen LogP contribution < -0.4 is 5.32 Å². The van der Waals surface area contributed by atoms with Crippen LogP contribution in [-0.4, -0.2) is 36.7 Å². The highest BCUT2D eigenvalue weighted by Gasteiger charge is 2.30. The van der Waals surface area contributed by atoms with Gasteiger partial charge in [0.25, 0.3) is 5.91 Å². The monoisotopic (exact) mass is 386 g/mol. The van der Waals surface area contributed by atoms with E-state index in [-0.39, 0.29) is 17.0 Å². The number of aromatic nitrogens is 1. The topological polar surface area (TPSA) is 108 Å². The molecule has 0 radical (unpaired) electrons. The highest BCUT2D eigenvalue weighted by atomic mass is 19.4. The molecule has 0 aliphatic heterocycles. The molecule has 1 amide bonds. The number of methoxy groups -OCH3 is 1. The number of alkyl halides is 3. The van der Waals surface area contributed by atoms with Gasteiger partial charge in [0.1, 0.15) is 11.3 Å². The van der Waals surface area contributed by atoms with Gasteiger partial charge in [-0.2, -0.15) is 13.2 Å². The smallest absolute Gasteiger partial charge is 0.416 e. The van der Waals surface area contributed by atoms with E-state index < -0.39 is 41.9 Å². The molecule has 0 unspecified atom stereocenters. The lowest BCUT2D eigenvalue weighted by molar-refractivity contribution is -0.144. The Balaban J connectivity index is 2.16. The molecule has 11 heteroatoms. The van der Waals surface area contributed by atoms with E-state index in [0.717, 1.165) is 31.4 Å². The van der Waals surface area contributed by atoms with Gasteiger partial charge in [-0.15, -0.1) is 0 Å². The van der Waals surface area contributed by atoms with E-state index >= 15 is 0 Å². The highest BCUT2D eigenvalue weighted by Crippen LogP contribution is 2.30. The van der Waals surface area contributed by atoms with Gasteiger partial charge < -0.3 is 19.3 Å². The van der Waals surface area contributed by atoms with Gasteiger partial charge in [-0.25, -0.2) is 9.59 Å². The lowest BCUT2D eigenvalue weighted by Gasteiger charge is -2.09. The number of carbonyl (C=O) groups is 3. The summed E-state index contributed by atoms with van der Waals surface area (Å²) in [6.45, 7) is 0.660. The number of carbonyl (C=O) groups excluding carboxylic acids is 3. The first-order valence-electron chi connectivity index (χ1n) is 7.32. The molecule has 0 aliphatic carbocycles. The van der Waals surface area contributed by atoms with Crippen LogP contribution in [0.5, 0.6) is 0 Å². The number of anilines is 1. The minimum absolute atomic E-state index is 0.0237. The predicted molar refractivity (Wildman–Crippen MR) is 82.9 cm³/mol. The molecule has 1 heterocycles. The number of benzene rings is 1. The summed E-state index contributed by atoms with van der Waals surface area (Å²) < 4.78 is 51.4. The summed E-state index contributed by atoms with van der Waals surface area (Å²) in [4.78, 5) is 35.3. The van der Waals surface area contributed by atoms with Crippen molar-refractivity contribution in [1.29, 1.82) is 0 Å². The predicted octanol–water partition coefficient (Wildman–Crippen LogP) is 2.58. The quantitative estimate of drug-likeness (QED) is 0.787. The van der Waals surface area contributed by atoms with Gasteiger partial charge in [0, 0.05) is 5.69 Å². The van der Waals surface area contributed by atoms with Crippen LogP contribution in [0.1, 0.15) is 32.2 Å². The largest absolute Gasteiger partial charge is 0.466 e. The summed E-state index contributed by atoms with van der Waals surface area (Å²) in [7, 11) is 1.10. The van der Waals surface area contributed by atoms with Gasteiger partial charge in [-0.3, -0.25) is 4.79 Å².